The van der Waals surface area contributed by atoms with Crippen molar-refractivity contribution >= 4 is 21.4 Å². The van der Waals surface area contributed by atoms with Gasteiger partial charge in [-0.2, -0.15) is 0 Å². The number of sulfonamides is 1. The van der Waals surface area contributed by atoms with Gasteiger partial charge in [0.1, 0.15) is 10.0 Å². The highest BCUT2D eigenvalue weighted by molar-refractivity contribution is 7.91. The number of aromatic nitrogens is 2. The van der Waals surface area contributed by atoms with E-state index in [9.17, 15) is 8.42 Å². The molecule has 0 bridgehead atoms. The Bertz CT molecular complexity index is 588. The predicted molar refractivity (Wildman–Crippen MR) is 71.2 cm³/mol. The number of aromatic amines is 1. The SMILES string of the molecule is Cc1ccc(S(=O)(=O)NCCCc2ncc[nH]2)s1. The van der Waals surface area contributed by atoms with Gasteiger partial charge in [0.05, 0.1) is 0 Å². The van der Waals surface area contributed by atoms with E-state index in [-0.39, 0.29) is 0 Å². The van der Waals surface area contributed by atoms with Crippen LogP contribution in [0.2, 0.25) is 0 Å². The smallest absolute Gasteiger partial charge is 0.250 e. The van der Waals surface area contributed by atoms with Crippen molar-refractivity contribution in [2.24, 2.45) is 0 Å². The van der Waals surface area contributed by atoms with Crippen molar-refractivity contribution in [1.29, 1.82) is 0 Å². The molecule has 0 radical (unpaired) electrons. The summed E-state index contributed by atoms with van der Waals surface area (Å²) in [4.78, 5) is 8.06. The van der Waals surface area contributed by atoms with Crippen molar-refractivity contribution in [3.63, 3.8) is 0 Å². The Labute approximate surface area is 110 Å². The number of hydrogen-bond acceptors (Lipinski definition) is 4. The van der Waals surface area contributed by atoms with E-state index < -0.39 is 10.0 Å². The second kappa shape index (κ2) is 5.64. The summed E-state index contributed by atoms with van der Waals surface area (Å²) in [5.41, 5.74) is 0. The van der Waals surface area contributed by atoms with Crippen molar-refractivity contribution < 1.29 is 8.42 Å². The van der Waals surface area contributed by atoms with Gasteiger partial charge in [-0.1, -0.05) is 0 Å². The minimum Gasteiger partial charge on any atom is -0.349 e. The van der Waals surface area contributed by atoms with Gasteiger partial charge in [-0.05, 0) is 25.5 Å². The fraction of sp³-hybridized carbons (Fsp3) is 0.364. The quantitative estimate of drug-likeness (QED) is 0.793. The molecule has 0 fully saturated rings. The van der Waals surface area contributed by atoms with Crippen LogP contribution in [0, 0.1) is 6.92 Å². The zero-order valence-corrected chi connectivity index (χ0v) is 11.6. The molecule has 2 rings (SSSR count). The molecule has 5 nitrogen and oxygen atoms in total. The molecule has 0 saturated carbocycles. The summed E-state index contributed by atoms with van der Waals surface area (Å²) in [7, 11) is -3.34. The third-order valence-electron chi connectivity index (χ3n) is 2.42. The Morgan fingerprint density at radius 3 is 2.89 bits per heavy atom. The molecule has 0 amide bonds. The Kier molecular flexibility index (Phi) is 4.15. The van der Waals surface area contributed by atoms with Crippen LogP contribution in [0.4, 0.5) is 0 Å². The van der Waals surface area contributed by atoms with Crippen molar-refractivity contribution in [1.82, 2.24) is 14.7 Å². The van der Waals surface area contributed by atoms with E-state index in [1.54, 1.807) is 18.5 Å². The summed E-state index contributed by atoms with van der Waals surface area (Å²) in [5.74, 6) is 0.876. The maximum absolute atomic E-state index is 11.9. The Balaban J connectivity index is 1.82. The van der Waals surface area contributed by atoms with Crippen LogP contribution in [0.1, 0.15) is 17.1 Å². The van der Waals surface area contributed by atoms with E-state index in [1.807, 2.05) is 13.0 Å². The van der Waals surface area contributed by atoms with Crippen molar-refractivity contribution in [3.05, 3.63) is 35.2 Å². The summed E-state index contributed by atoms with van der Waals surface area (Å²) in [6, 6.07) is 3.44. The summed E-state index contributed by atoms with van der Waals surface area (Å²) in [6.07, 6.45) is 4.90. The van der Waals surface area contributed by atoms with Crippen LogP contribution in [-0.2, 0) is 16.4 Å². The molecule has 0 spiro atoms. The second-order valence-corrected chi connectivity index (χ2v) is 7.18. The number of imidazole rings is 1. The number of aryl methyl sites for hydroxylation is 2. The number of H-pyrrole nitrogens is 1. The monoisotopic (exact) mass is 285 g/mol. The van der Waals surface area contributed by atoms with E-state index in [4.69, 9.17) is 0 Å². The lowest BCUT2D eigenvalue weighted by Crippen LogP contribution is -2.24. The Morgan fingerprint density at radius 2 is 2.28 bits per heavy atom. The third kappa shape index (κ3) is 3.41. The molecule has 0 aromatic carbocycles. The fourth-order valence-corrected chi connectivity index (χ4v) is 3.93. The van der Waals surface area contributed by atoms with Gasteiger partial charge in [-0.3, -0.25) is 0 Å². The van der Waals surface area contributed by atoms with Gasteiger partial charge in [0, 0.05) is 30.2 Å². The summed E-state index contributed by atoms with van der Waals surface area (Å²) >= 11 is 1.28. The lowest BCUT2D eigenvalue weighted by Gasteiger charge is -2.03. The topological polar surface area (TPSA) is 74.8 Å². The largest absolute Gasteiger partial charge is 0.349 e. The molecule has 0 saturated heterocycles. The van der Waals surface area contributed by atoms with E-state index in [0.717, 1.165) is 23.5 Å². The number of rotatable bonds is 6. The molecule has 7 heteroatoms. The van der Waals surface area contributed by atoms with Gasteiger partial charge in [-0.15, -0.1) is 11.3 Å². The van der Waals surface area contributed by atoms with Gasteiger partial charge in [0.25, 0.3) is 0 Å². The maximum Gasteiger partial charge on any atom is 0.250 e. The zero-order valence-electron chi connectivity index (χ0n) is 10.0. The highest BCUT2D eigenvalue weighted by Crippen LogP contribution is 2.20. The predicted octanol–water partition coefficient (Wildman–Crippen LogP) is 1.69. The van der Waals surface area contributed by atoms with Gasteiger partial charge >= 0.3 is 0 Å². The average molecular weight is 285 g/mol. The highest BCUT2D eigenvalue weighted by Gasteiger charge is 2.14. The molecule has 2 N–H and O–H groups in total. The number of nitrogens with one attached hydrogen (secondary N) is 2. The fourth-order valence-electron chi connectivity index (χ4n) is 1.52. The number of nitrogens with zero attached hydrogens (tertiary/aromatic N) is 1. The Morgan fingerprint density at radius 1 is 1.44 bits per heavy atom. The first kappa shape index (κ1) is 13.3. The molecule has 2 aromatic rings. The van der Waals surface area contributed by atoms with E-state index >= 15 is 0 Å². The average Bonchev–Trinajstić information content (AvgIpc) is 2.95. The normalized spacial score (nSPS) is 11.8. The first-order valence-corrected chi connectivity index (χ1v) is 7.92. The van der Waals surface area contributed by atoms with E-state index in [0.29, 0.717) is 10.8 Å². The van der Waals surface area contributed by atoms with Crippen LogP contribution in [0.15, 0.2) is 28.7 Å². The van der Waals surface area contributed by atoms with Crippen LogP contribution >= 0.6 is 11.3 Å². The molecular formula is C11H15N3O2S2. The van der Waals surface area contributed by atoms with Crippen molar-refractivity contribution in [2.75, 3.05) is 6.54 Å². The second-order valence-electron chi connectivity index (χ2n) is 3.90. The van der Waals surface area contributed by atoms with Gasteiger partial charge in [-0.25, -0.2) is 18.1 Å². The molecular weight excluding hydrogens is 270 g/mol. The molecule has 0 aliphatic rings. The molecule has 2 heterocycles. The van der Waals surface area contributed by atoms with Gasteiger partial charge < -0.3 is 4.98 Å². The number of hydrogen-bond donors (Lipinski definition) is 2. The van der Waals surface area contributed by atoms with Crippen LogP contribution in [0.25, 0.3) is 0 Å². The van der Waals surface area contributed by atoms with Crippen LogP contribution in [0.5, 0.6) is 0 Å². The molecule has 0 aliphatic carbocycles. The minimum atomic E-state index is -3.34. The summed E-state index contributed by atoms with van der Waals surface area (Å²) in [5, 5.41) is 0. The molecule has 0 atom stereocenters. The van der Waals surface area contributed by atoms with Crippen LogP contribution in [-0.4, -0.2) is 24.9 Å². The van der Waals surface area contributed by atoms with Crippen molar-refractivity contribution in [3.8, 4) is 0 Å². The lowest BCUT2D eigenvalue weighted by molar-refractivity contribution is 0.580. The van der Waals surface area contributed by atoms with Gasteiger partial charge in [0.2, 0.25) is 10.0 Å². The summed E-state index contributed by atoms with van der Waals surface area (Å²) < 4.78 is 26.7. The minimum absolute atomic E-state index is 0.373. The number of thiophene rings is 1. The Hall–Kier alpha value is -1.18. The van der Waals surface area contributed by atoms with Crippen LogP contribution < -0.4 is 4.72 Å². The van der Waals surface area contributed by atoms with E-state index in [2.05, 4.69) is 14.7 Å². The zero-order chi connectivity index (χ0) is 13.0. The molecule has 0 aliphatic heterocycles. The van der Waals surface area contributed by atoms with Gasteiger partial charge in [0.15, 0.2) is 0 Å². The first-order valence-electron chi connectivity index (χ1n) is 5.62. The standard InChI is InChI=1S/C11H15N3O2S2/c1-9-4-5-11(17-9)18(15,16)14-6-2-3-10-12-7-8-13-10/h4-5,7-8,14H,2-3,6H2,1H3,(H,12,13). The van der Waals surface area contributed by atoms with Crippen molar-refractivity contribution in [2.45, 2.75) is 24.0 Å². The lowest BCUT2D eigenvalue weighted by atomic mass is 10.3. The first-order chi connectivity index (χ1) is 8.58. The molecule has 2 aromatic heterocycles. The molecule has 98 valence electrons. The summed E-state index contributed by atoms with van der Waals surface area (Å²) in [6.45, 7) is 2.31. The highest BCUT2D eigenvalue weighted by atomic mass is 32.2. The third-order valence-corrected chi connectivity index (χ3v) is 5.37. The maximum atomic E-state index is 11.9. The molecule has 0 unspecified atom stereocenters. The van der Waals surface area contributed by atoms with E-state index in [1.165, 1.54) is 11.3 Å². The molecule has 18 heavy (non-hydrogen) atoms. The van der Waals surface area contributed by atoms with Crippen LogP contribution in [0.3, 0.4) is 0 Å².